The van der Waals surface area contributed by atoms with Gasteiger partial charge in [0, 0.05) is 6.54 Å². The lowest BCUT2D eigenvalue weighted by Gasteiger charge is -2.27. The summed E-state index contributed by atoms with van der Waals surface area (Å²) in [7, 11) is 11.4. The predicted octanol–water partition coefficient (Wildman–Crippen LogP) is -0.145. The molecule has 1 aromatic rings. The van der Waals surface area contributed by atoms with E-state index in [-0.39, 0.29) is 19.0 Å². The zero-order valence-electron chi connectivity index (χ0n) is 7.70. The molecule has 70 valence electrons. The first-order valence-electron chi connectivity index (χ1n) is 4.26. The van der Waals surface area contributed by atoms with Crippen LogP contribution in [-0.2, 0) is 5.34 Å². The Bertz CT molecular complexity index is 289. The van der Waals surface area contributed by atoms with Gasteiger partial charge in [0.25, 0.3) is 0 Å². The summed E-state index contributed by atoms with van der Waals surface area (Å²) in [4.78, 5) is 0. The van der Waals surface area contributed by atoms with Gasteiger partial charge in [0.05, 0.1) is 22.3 Å². The maximum absolute atomic E-state index is 12.6. The Hall–Kier alpha value is -0.800. The Kier molecular flexibility index (Phi) is 3.72. The second-order valence-electron chi connectivity index (χ2n) is 3.03. The molecule has 0 amide bonds. The molecule has 2 N–H and O–H groups in total. The second-order valence-corrected chi connectivity index (χ2v) is 3.03. The maximum Gasteiger partial charge on any atom is 0.123 e. The van der Waals surface area contributed by atoms with Gasteiger partial charge in [0.1, 0.15) is 5.82 Å². The highest BCUT2D eigenvalue weighted by molar-refractivity contribution is 6.39. The number of aliphatic hydroxyl groups is 1. The van der Waals surface area contributed by atoms with Crippen LogP contribution in [0.3, 0.4) is 0 Å². The van der Waals surface area contributed by atoms with Crippen LogP contribution in [0.25, 0.3) is 0 Å². The van der Waals surface area contributed by atoms with Gasteiger partial charge in [0.15, 0.2) is 0 Å². The lowest BCUT2D eigenvalue weighted by molar-refractivity contribution is 0.288. The topological polar surface area (TPSA) is 32.3 Å². The zero-order valence-corrected chi connectivity index (χ0v) is 7.70. The first kappa shape index (κ1) is 11.3. The number of rotatable bonds is 4. The van der Waals surface area contributed by atoms with E-state index in [9.17, 15) is 4.39 Å². The van der Waals surface area contributed by atoms with E-state index in [1.807, 2.05) is 0 Å². The average molecular weight is 189 g/mol. The molecular formula is C9H10B2FNO. The summed E-state index contributed by atoms with van der Waals surface area (Å²) in [6.45, 7) is 0.224. The number of hydrogen-bond acceptors (Lipinski definition) is 2. The highest BCUT2D eigenvalue weighted by Gasteiger charge is 2.17. The van der Waals surface area contributed by atoms with Crippen molar-refractivity contribution in [3.63, 3.8) is 0 Å². The van der Waals surface area contributed by atoms with Crippen molar-refractivity contribution in [1.29, 1.82) is 0 Å². The molecule has 5 heteroatoms. The molecule has 0 heterocycles. The summed E-state index contributed by atoms with van der Waals surface area (Å²) in [5, 5.41) is 10.1. The van der Waals surface area contributed by atoms with Gasteiger partial charge in [-0.15, -0.1) is 0 Å². The minimum atomic E-state index is -1.24. The van der Waals surface area contributed by atoms with Crippen LogP contribution in [0.2, 0.25) is 0 Å². The summed E-state index contributed by atoms with van der Waals surface area (Å²) in [6.07, 6.45) is 0. The molecule has 0 saturated carbocycles. The van der Waals surface area contributed by atoms with E-state index in [4.69, 9.17) is 20.8 Å². The van der Waals surface area contributed by atoms with Crippen molar-refractivity contribution in [2.45, 2.75) is 5.34 Å². The Morgan fingerprint density at radius 3 is 2.36 bits per heavy atom. The van der Waals surface area contributed by atoms with Crippen molar-refractivity contribution in [2.75, 3.05) is 13.2 Å². The van der Waals surface area contributed by atoms with Crippen LogP contribution in [-0.4, -0.2) is 34.0 Å². The normalized spacial score (nSPS) is 11.6. The monoisotopic (exact) mass is 189 g/mol. The van der Waals surface area contributed by atoms with Crippen LogP contribution in [0.15, 0.2) is 24.3 Å². The van der Waals surface area contributed by atoms with Gasteiger partial charge < -0.3 is 10.4 Å². The third-order valence-electron chi connectivity index (χ3n) is 1.85. The quantitative estimate of drug-likeness (QED) is 0.645. The van der Waals surface area contributed by atoms with Crippen LogP contribution >= 0.6 is 0 Å². The van der Waals surface area contributed by atoms with E-state index in [1.54, 1.807) is 0 Å². The standard InChI is InChI=1S/C9H10B2FNO/c10-9(11,13-5-6-14)7-1-3-8(12)4-2-7/h1-4,13-14H,5-6H2. The molecule has 0 fully saturated rings. The first-order chi connectivity index (χ1) is 6.56. The van der Waals surface area contributed by atoms with Crippen molar-refractivity contribution in [2.24, 2.45) is 0 Å². The minimum absolute atomic E-state index is 0.0582. The summed E-state index contributed by atoms with van der Waals surface area (Å²) in [6, 6.07) is 5.56. The molecule has 0 aliphatic carbocycles. The van der Waals surface area contributed by atoms with Gasteiger partial charge in [-0.25, -0.2) is 4.39 Å². The van der Waals surface area contributed by atoms with Gasteiger partial charge in [-0.2, -0.15) is 0 Å². The number of hydrogen-bond donors (Lipinski definition) is 2. The van der Waals surface area contributed by atoms with E-state index in [2.05, 4.69) is 5.32 Å². The fourth-order valence-corrected chi connectivity index (χ4v) is 1.09. The number of halogens is 1. The molecule has 14 heavy (non-hydrogen) atoms. The third kappa shape index (κ3) is 2.86. The Morgan fingerprint density at radius 1 is 1.29 bits per heavy atom. The molecular weight excluding hydrogens is 179 g/mol. The molecule has 0 aliphatic heterocycles. The highest BCUT2D eigenvalue weighted by atomic mass is 19.1. The highest BCUT2D eigenvalue weighted by Crippen LogP contribution is 2.13. The summed E-state index contributed by atoms with van der Waals surface area (Å²) < 4.78 is 12.6. The van der Waals surface area contributed by atoms with Crippen molar-refractivity contribution >= 4 is 15.7 Å². The fraction of sp³-hybridized carbons (Fsp3) is 0.333. The van der Waals surface area contributed by atoms with E-state index in [0.29, 0.717) is 5.56 Å². The van der Waals surface area contributed by atoms with Crippen LogP contribution in [0.5, 0.6) is 0 Å². The molecule has 0 saturated heterocycles. The molecule has 0 spiro atoms. The first-order valence-corrected chi connectivity index (χ1v) is 4.26. The Labute approximate surface area is 85.3 Å². The van der Waals surface area contributed by atoms with E-state index < -0.39 is 5.34 Å². The molecule has 0 aromatic heterocycles. The number of benzene rings is 1. The van der Waals surface area contributed by atoms with Gasteiger partial charge in [-0.05, 0) is 23.0 Å². The van der Waals surface area contributed by atoms with Crippen LogP contribution in [0.4, 0.5) is 4.39 Å². The van der Waals surface area contributed by atoms with Crippen LogP contribution < -0.4 is 5.32 Å². The van der Waals surface area contributed by atoms with Gasteiger partial charge in [-0.1, -0.05) is 12.1 Å². The lowest BCUT2D eigenvalue weighted by atomic mass is 9.58. The maximum atomic E-state index is 12.6. The number of aliphatic hydroxyl groups excluding tert-OH is 1. The molecule has 0 aliphatic rings. The molecule has 0 bridgehead atoms. The van der Waals surface area contributed by atoms with Crippen LogP contribution in [0, 0.1) is 5.82 Å². The van der Waals surface area contributed by atoms with Gasteiger partial charge >= 0.3 is 0 Å². The smallest absolute Gasteiger partial charge is 0.123 e. The third-order valence-corrected chi connectivity index (χ3v) is 1.85. The van der Waals surface area contributed by atoms with Crippen LogP contribution in [0.1, 0.15) is 5.56 Å². The lowest BCUT2D eigenvalue weighted by Crippen LogP contribution is -2.44. The SMILES string of the molecule is [B]C([B])(NCCO)c1ccc(F)cc1. The number of nitrogens with one attached hydrogen (secondary N) is 1. The van der Waals surface area contributed by atoms with E-state index in [0.717, 1.165) is 0 Å². The summed E-state index contributed by atoms with van der Waals surface area (Å²) in [5.74, 6) is -0.341. The molecule has 2 nitrogen and oxygen atoms in total. The minimum Gasteiger partial charge on any atom is -0.395 e. The predicted molar refractivity (Wildman–Crippen MR) is 54.7 cm³/mol. The fourth-order valence-electron chi connectivity index (χ4n) is 1.09. The van der Waals surface area contributed by atoms with Gasteiger partial charge in [-0.3, -0.25) is 0 Å². The molecule has 1 rings (SSSR count). The zero-order chi connectivity index (χ0) is 10.6. The molecule has 0 atom stereocenters. The van der Waals surface area contributed by atoms with E-state index in [1.165, 1.54) is 24.3 Å². The summed E-state index contributed by atoms with van der Waals surface area (Å²) >= 11 is 0. The van der Waals surface area contributed by atoms with Crippen molar-refractivity contribution in [3.8, 4) is 0 Å². The van der Waals surface area contributed by atoms with Gasteiger partial charge in [0.2, 0.25) is 0 Å². The molecule has 0 unspecified atom stereocenters. The van der Waals surface area contributed by atoms with Crippen molar-refractivity contribution in [3.05, 3.63) is 35.6 Å². The van der Waals surface area contributed by atoms with Crippen molar-refractivity contribution < 1.29 is 9.50 Å². The molecule has 1 aromatic carbocycles. The Morgan fingerprint density at radius 2 is 1.86 bits per heavy atom. The van der Waals surface area contributed by atoms with Crippen molar-refractivity contribution in [1.82, 2.24) is 5.32 Å². The molecule has 4 radical (unpaired) electrons. The largest absolute Gasteiger partial charge is 0.395 e. The second kappa shape index (κ2) is 4.62. The Balaban J connectivity index is 2.75. The van der Waals surface area contributed by atoms with E-state index >= 15 is 0 Å². The average Bonchev–Trinajstić information content (AvgIpc) is 2.16. The summed E-state index contributed by atoms with van der Waals surface area (Å²) in [5.41, 5.74) is 0.562.